The van der Waals surface area contributed by atoms with E-state index in [9.17, 15) is 9.59 Å². The molecular formula is C26H22N2O3. The van der Waals surface area contributed by atoms with E-state index in [2.05, 4.69) is 12.1 Å². The van der Waals surface area contributed by atoms with Crippen molar-refractivity contribution < 1.29 is 9.53 Å². The van der Waals surface area contributed by atoms with E-state index in [1.54, 1.807) is 36.1 Å². The topological polar surface area (TPSA) is 51.5 Å². The zero-order valence-corrected chi connectivity index (χ0v) is 17.2. The quantitative estimate of drug-likeness (QED) is 0.509. The van der Waals surface area contributed by atoms with E-state index >= 15 is 0 Å². The predicted octanol–water partition coefficient (Wildman–Crippen LogP) is 4.20. The van der Waals surface area contributed by atoms with Gasteiger partial charge in [0.15, 0.2) is 0 Å². The van der Waals surface area contributed by atoms with Gasteiger partial charge in [0.05, 0.1) is 12.7 Å². The van der Waals surface area contributed by atoms with E-state index in [0.717, 1.165) is 6.42 Å². The second-order valence-electron chi connectivity index (χ2n) is 7.71. The molecule has 0 saturated heterocycles. The van der Waals surface area contributed by atoms with Crippen LogP contribution in [0.3, 0.4) is 0 Å². The molecule has 0 radical (unpaired) electrons. The summed E-state index contributed by atoms with van der Waals surface area (Å²) >= 11 is 0. The summed E-state index contributed by atoms with van der Waals surface area (Å²) in [4.78, 5) is 28.7. The van der Waals surface area contributed by atoms with Crippen LogP contribution in [-0.4, -0.2) is 29.0 Å². The summed E-state index contributed by atoms with van der Waals surface area (Å²) in [6, 6.07) is 22.8. The number of carbonyl (C=O) groups excluding carboxylic acids is 1. The van der Waals surface area contributed by atoms with Gasteiger partial charge in [-0.15, -0.1) is 0 Å². The average molecular weight is 410 g/mol. The number of benzene rings is 3. The third kappa shape index (κ3) is 3.38. The first-order valence-corrected chi connectivity index (χ1v) is 10.3. The molecule has 0 N–H and O–H groups in total. The van der Waals surface area contributed by atoms with Crippen LogP contribution in [0.2, 0.25) is 0 Å². The van der Waals surface area contributed by atoms with Crippen molar-refractivity contribution in [2.75, 3.05) is 13.7 Å². The number of rotatable bonds is 3. The van der Waals surface area contributed by atoms with Gasteiger partial charge in [0.1, 0.15) is 5.75 Å². The number of amides is 1. The highest BCUT2D eigenvalue weighted by atomic mass is 16.5. The Hall–Kier alpha value is -3.86. The fraction of sp³-hybridized carbons (Fsp3) is 0.154. The van der Waals surface area contributed by atoms with Crippen LogP contribution in [-0.2, 0) is 13.0 Å². The molecule has 0 fully saturated rings. The maximum Gasteiger partial charge on any atom is 0.262 e. The predicted molar refractivity (Wildman–Crippen MR) is 121 cm³/mol. The van der Waals surface area contributed by atoms with Gasteiger partial charge in [0, 0.05) is 35.7 Å². The van der Waals surface area contributed by atoms with Crippen molar-refractivity contribution in [3.63, 3.8) is 0 Å². The second kappa shape index (κ2) is 7.76. The molecule has 5 heteroatoms. The van der Waals surface area contributed by atoms with Crippen molar-refractivity contribution >= 4 is 16.7 Å². The minimum Gasteiger partial charge on any atom is -0.497 e. The molecule has 5 nitrogen and oxygen atoms in total. The maximum absolute atomic E-state index is 13.6. The van der Waals surface area contributed by atoms with E-state index in [4.69, 9.17) is 4.74 Å². The fourth-order valence-corrected chi connectivity index (χ4v) is 4.24. The molecule has 0 aliphatic carbocycles. The highest BCUT2D eigenvalue weighted by Gasteiger charge is 2.24. The average Bonchev–Trinajstić information content (AvgIpc) is 2.84. The second-order valence-corrected chi connectivity index (χ2v) is 7.71. The fourth-order valence-electron chi connectivity index (χ4n) is 4.24. The monoisotopic (exact) mass is 410 g/mol. The highest BCUT2D eigenvalue weighted by molar-refractivity contribution is 6.06. The van der Waals surface area contributed by atoms with Crippen LogP contribution in [0.5, 0.6) is 5.75 Å². The largest absolute Gasteiger partial charge is 0.497 e. The maximum atomic E-state index is 13.6. The standard InChI is InChI=1S/C26H22N2O3/c1-31-21-12-10-20(11-13-21)28-17-24(22-8-4-5-9-23(22)26(28)30)25(29)27-15-14-18-6-2-3-7-19(18)16-27/h2-13,17H,14-16H2,1H3. The zero-order valence-electron chi connectivity index (χ0n) is 17.2. The molecule has 0 atom stereocenters. The number of nitrogens with zero attached hydrogens (tertiary/aromatic N) is 2. The van der Waals surface area contributed by atoms with Gasteiger partial charge in [-0.2, -0.15) is 0 Å². The number of pyridine rings is 1. The molecule has 0 spiro atoms. The van der Waals surface area contributed by atoms with Crippen LogP contribution in [0, 0.1) is 0 Å². The molecular weight excluding hydrogens is 388 g/mol. The first-order valence-electron chi connectivity index (χ1n) is 10.3. The van der Waals surface area contributed by atoms with E-state index in [1.807, 2.05) is 47.4 Å². The molecule has 154 valence electrons. The van der Waals surface area contributed by atoms with Gasteiger partial charge >= 0.3 is 0 Å². The highest BCUT2D eigenvalue weighted by Crippen LogP contribution is 2.24. The van der Waals surface area contributed by atoms with Crippen LogP contribution >= 0.6 is 0 Å². The SMILES string of the molecule is COc1ccc(-n2cc(C(=O)N3CCc4ccccc4C3)c3ccccc3c2=O)cc1. The Morgan fingerprint density at radius 1 is 0.871 bits per heavy atom. The van der Waals surface area contributed by atoms with Crippen molar-refractivity contribution in [1.29, 1.82) is 0 Å². The number of ether oxygens (including phenoxy) is 1. The van der Waals surface area contributed by atoms with E-state index in [1.165, 1.54) is 11.1 Å². The number of hydrogen-bond acceptors (Lipinski definition) is 3. The first kappa shape index (κ1) is 19.1. The number of carbonyl (C=O) groups is 1. The summed E-state index contributed by atoms with van der Waals surface area (Å²) in [5.74, 6) is 0.647. The van der Waals surface area contributed by atoms with E-state index in [0.29, 0.717) is 40.9 Å². The first-order chi connectivity index (χ1) is 15.2. The van der Waals surface area contributed by atoms with Gasteiger partial charge in [-0.05, 0) is 47.9 Å². The number of fused-ring (bicyclic) bond motifs is 2. The number of methoxy groups -OCH3 is 1. The number of hydrogen-bond donors (Lipinski definition) is 0. The molecule has 4 aromatic rings. The molecule has 1 aliphatic heterocycles. The lowest BCUT2D eigenvalue weighted by molar-refractivity contribution is 0.0736. The van der Waals surface area contributed by atoms with E-state index < -0.39 is 0 Å². The van der Waals surface area contributed by atoms with Gasteiger partial charge < -0.3 is 9.64 Å². The number of aromatic nitrogens is 1. The summed E-state index contributed by atoms with van der Waals surface area (Å²) in [5, 5.41) is 1.21. The minimum absolute atomic E-state index is 0.0621. The molecule has 31 heavy (non-hydrogen) atoms. The minimum atomic E-state index is -0.152. The molecule has 0 bridgehead atoms. The molecule has 2 heterocycles. The molecule has 3 aromatic carbocycles. The Morgan fingerprint density at radius 2 is 1.55 bits per heavy atom. The molecule has 1 aromatic heterocycles. The summed E-state index contributed by atoms with van der Waals surface area (Å²) in [5.41, 5.74) is 3.54. The van der Waals surface area contributed by atoms with Crippen LogP contribution in [0.4, 0.5) is 0 Å². The van der Waals surface area contributed by atoms with Crippen LogP contribution < -0.4 is 10.3 Å². The lowest BCUT2D eigenvalue weighted by Gasteiger charge is -2.29. The van der Waals surface area contributed by atoms with Crippen molar-refractivity contribution in [3.05, 3.63) is 106 Å². The smallest absolute Gasteiger partial charge is 0.262 e. The Bertz CT molecular complexity index is 1340. The summed E-state index contributed by atoms with van der Waals surface area (Å²) < 4.78 is 6.78. The Balaban J connectivity index is 1.62. The van der Waals surface area contributed by atoms with Gasteiger partial charge in [0.25, 0.3) is 11.5 Å². The van der Waals surface area contributed by atoms with Crippen molar-refractivity contribution in [2.45, 2.75) is 13.0 Å². The molecule has 1 amide bonds. The van der Waals surface area contributed by atoms with Crippen LogP contribution in [0.1, 0.15) is 21.5 Å². The summed E-state index contributed by atoms with van der Waals surface area (Å²) in [6.45, 7) is 1.23. The van der Waals surface area contributed by atoms with Crippen molar-refractivity contribution in [3.8, 4) is 11.4 Å². The van der Waals surface area contributed by atoms with E-state index in [-0.39, 0.29) is 11.5 Å². The third-order valence-corrected chi connectivity index (χ3v) is 5.92. The molecule has 0 unspecified atom stereocenters. The molecule has 5 rings (SSSR count). The Labute approximate surface area is 180 Å². The Morgan fingerprint density at radius 3 is 2.29 bits per heavy atom. The molecule has 1 aliphatic rings. The van der Waals surface area contributed by atoms with Crippen molar-refractivity contribution in [2.24, 2.45) is 0 Å². The molecule has 0 saturated carbocycles. The summed E-state index contributed by atoms with van der Waals surface area (Å²) in [7, 11) is 1.60. The zero-order chi connectivity index (χ0) is 21.4. The van der Waals surface area contributed by atoms with Crippen molar-refractivity contribution in [1.82, 2.24) is 9.47 Å². The lowest BCUT2D eigenvalue weighted by Crippen LogP contribution is -2.36. The Kier molecular flexibility index (Phi) is 4.79. The van der Waals surface area contributed by atoms with Crippen LogP contribution in [0.15, 0.2) is 83.8 Å². The third-order valence-electron chi connectivity index (χ3n) is 5.92. The normalized spacial score (nSPS) is 13.1. The van der Waals surface area contributed by atoms with Gasteiger partial charge in [-0.3, -0.25) is 14.2 Å². The summed E-state index contributed by atoms with van der Waals surface area (Å²) in [6.07, 6.45) is 2.51. The lowest BCUT2D eigenvalue weighted by atomic mass is 9.98. The van der Waals surface area contributed by atoms with Gasteiger partial charge in [0.2, 0.25) is 0 Å². The van der Waals surface area contributed by atoms with Gasteiger partial charge in [-0.1, -0.05) is 42.5 Å². The van der Waals surface area contributed by atoms with Crippen LogP contribution in [0.25, 0.3) is 16.5 Å². The van der Waals surface area contributed by atoms with Gasteiger partial charge in [-0.25, -0.2) is 0 Å².